The summed E-state index contributed by atoms with van der Waals surface area (Å²) in [5, 5.41) is 2.68. The Morgan fingerprint density at radius 3 is 2.11 bits per heavy atom. The van der Waals surface area contributed by atoms with Crippen LogP contribution in [0.5, 0.6) is 0 Å². The van der Waals surface area contributed by atoms with Crippen molar-refractivity contribution in [1.29, 1.82) is 0 Å². The highest BCUT2D eigenvalue weighted by molar-refractivity contribution is 6.03. The first-order chi connectivity index (χ1) is 13.6. The maximum absolute atomic E-state index is 12.6. The Kier molecular flexibility index (Phi) is 6.37. The molecule has 0 aliphatic heterocycles. The number of nitrogens with one attached hydrogen (secondary N) is 1. The average Bonchev–Trinajstić information content (AvgIpc) is 2.73. The number of hydrogen-bond acceptors (Lipinski definition) is 3. The summed E-state index contributed by atoms with van der Waals surface area (Å²) in [6.45, 7) is 2.08. The zero-order valence-electron chi connectivity index (χ0n) is 15.6. The van der Waals surface area contributed by atoms with E-state index in [2.05, 4.69) is 5.32 Å². The van der Waals surface area contributed by atoms with E-state index < -0.39 is 5.97 Å². The fourth-order valence-electron chi connectivity index (χ4n) is 2.56. The molecular weight excluding hydrogens is 350 g/mol. The molecule has 4 heteroatoms. The minimum absolute atomic E-state index is 0.0905. The molecule has 0 unspecified atom stereocenters. The molecule has 0 aliphatic rings. The first kappa shape index (κ1) is 19.1. The highest BCUT2D eigenvalue weighted by Gasteiger charge is 2.16. The monoisotopic (exact) mass is 371 g/mol. The number of rotatable bonds is 6. The van der Waals surface area contributed by atoms with Gasteiger partial charge in [0, 0.05) is 5.56 Å². The molecule has 3 aromatic rings. The molecule has 3 rings (SSSR count). The van der Waals surface area contributed by atoms with Crippen molar-refractivity contribution in [3.05, 3.63) is 113 Å². The molecule has 0 saturated heterocycles. The van der Waals surface area contributed by atoms with Gasteiger partial charge >= 0.3 is 5.97 Å². The highest BCUT2D eigenvalue weighted by Crippen LogP contribution is 2.10. The molecule has 0 aliphatic carbocycles. The topological polar surface area (TPSA) is 55.4 Å². The zero-order chi connectivity index (χ0) is 19.8. The molecule has 0 saturated carbocycles. The van der Waals surface area contributed by atoms with E-state index in [4.69, 9.17) is 4.74 Å². The predicted molar refractivity (Wildman–Crippen MR) is 109 cm³/mol. The van der Waals surface area contributed by atoms with Gasteiger partial charge in [0.05, 0.1) is 0 Å². The van der Waals surface area contributed by atoms with Crippen LogP contribution in [0.15, 0.2) is 90.6 Å². The van der Waals surface area contributed by atoms with Crippen molar-refractivity contribution in [2.75, 3.05) is 0 Å². The van der Waals surface area contributed by atoms with Gasteiger partial charge in [-0.05, 0) is 36.3 Å². The second kappa shape index (κ2) is 9.33. The lowest BCUT2D eigenvalue weighted by atomic mass is 10.1. The number of esters is 1. The minimum atomic E-state index is -0.590. The van der Waals surface area contributed by atoms with Crippen LogP contribution in [-0.2, 0) is 16.1 Å². The molecule has 4 nitrogen and oxygen atoms in total. The van der Waals surface area contributed by atoms with Crippen LogP contribution in [0.3, 0.4) is 0 Å². The normalized spacial score (nSPS) is 11.0. The number of hydrogen-bond donors (Lipinski definition) is 1. The van der Waals surface area contributed by atoms with Crippen LogP contribution in [0.1, 0.15) is 27.0 Å². The Morgan fingerprint density at radius 1 is 0.857 bits per heavy atom. The summed E-state index contributed by atoms with van der Waals surface area (Å²) in [6, 6.07) is 25.9. The number of amides is 1. The smallest absolute Gasteiger partial charge is 0.355 e. The number of carbonyl (C=O) groups excluding carboxylic acids is 2. The van der Waals surface area contributed by atoms with Gasteiger partial charge in [-0.25, -0.2) is 4.79 Å². The van der Waals surface area contributed by atoms with E-state index in [9.17, 15) is 9.59 Å². The number of aryl methyl sites for hydroxylation is 1. The van der Waals surface area contributed by atoms with E-state index >= 15 is 0 Å². The van der Waals surface area contributed by atoms with Crippen molar-refractivity contribution < 1.29 is 14.3 Å². The number of carbonyl (C=O) groups is 2. The molecule has 0 atom stereocenters. The van der Waals surface area contributed by atoms with Gasteiger partial charge in [-0.15, -0.1) is 0 Å². The first-order valence-corrected chi connectivity index (χ1v) is 8.97. The van der Waals surface area contributed by atoms with Crippen molar-refractivity contribution in [2.45, 2.75) is 13.5 Å². The van der Waals surface area contributed by atoms with Crippen molar-refractivity contribution in [3.8, 4) is 0 Å². The molecule has 0 radical (unpaired) electrons. The molecule has 140 valence electrons. The lowest BCUT2D eigenvalue weighted by molar-refractivity contribution is -0.140. The molecule has 0 aromatic heterocycles. The lowest BCUT2D eigenvalue weighted by Crippen LogP contribution is -2.28. The van der Waals surface area contributed by atoms with Crippen molar-refractivity contribution >= 4 is 18.0 Å². The third-order valence-electron chi connectivity index (χ3n) is 4.11. The van der Waals surface area contributed by atoms with Crippen LogP contribution < -0.4 is 5.32 Å². The second-order valence-corrected chi connectivity index (χ2v) is 6.35. The molecule has 3 aromatic carbocycles. The SMILES string of the molecule is Cc1ccc(C(=O)NC(=Cc2ccccc2)C(=O)OCc2ccccc2)cc1. The lowest BCUT2D eigenvalue weighted by Gasteiger charge is -2.11. The van der Waals surface area contributed by atoms with E-state index in [1.54, 1.807) is 18.2 Å². The molecule has 0 heterocycles. The van der Waals surface area contributed by atoms with Crippen LogP contribution in [0.25, 0.3) is 6.08 Å². The first-order valence-electron chi connectivity index (χ1n) is 8.97. The van der Waals surface area contributed by atoms with Crippen molar-refractivity contribution in [2.24, 2.45) is 0 Å². The van der Waals surface area contributed by atoms with E-state index in [-0.39, 0.29) is 18.2 Å². The largest absolute Gasteiger partial charge is 0.456 e. The van der Waals surface area contributed by atoms with E-state index in [1.807, 2.05) is 79.7 Å². The van der Waals surface area contributed by atoms with Crippen LogP contribution in [0.2, 0.25) is 0 Å². The summed E-state index contributed by atoms with van der Waals surface area (Å²) in [4.78, 5) is 25.2. The third-order valence-corrected chi connectivity index (χ3v) is 4.11. The summed E-state index contributed by atoms with van der Waals surface area (Å²) in [5.74, 6) is -0.952. The molecule has 0 bridgehead atoms. The number of benzene rings is 3. The molecule has 0 fully saturated rings. The Morgan fingerprint density at radius 2 is 1.46 bits per heavy atom. The van der Waals surface area contributed by atoms with Gasteiger partial charge in [-0.1, -0.05) is 78.4 Å². The predicted octanol–water partition coefficient (Wildman–Crippen LogP) is 4.51. The Hall–Kier alpha value is -3.66. The summed E-state index contributed by atoms with van der Waals surface area (Å²) in [7, 11) is 0. The fourth-order valence-corrected chi connectivity index (χ4v) is 2.56. The van der Waals surface area contributed by atoms with Gasteiger partial charge < -0.3 is 10.1 Å². The molecule has 28 heavy (non-hydrogen) atoms. The fraction of sp³-hybridized carbons (Fsp3) is 0.0833. The molecular formula is C24H21NO3. The Balaban J connectivity index is 1.78. The van der Waals surface area contributed by atoms with Crippen LogP contribution in [0, 0.1) is 6.92 Å². The maximum atomic E-state index is 12.6. The van der Waals surface area contributed by atoms with Crippen LogP contribution >= 0.6 is 0 Å². The molecule has 0 spiro atoms. The summed E-state index contributed by atoms with van der Waals surface area (Å²) in [5.41, 5.74) is 3.28. The maximum Gasteiger partial charge on any atom is 0.355 e. The van der Waals surface area contributed by atoms with Gasteiger partial charge in [0.25, 0.3) is 5.91 Å². The quantitative estimate of drug-likeness (QED) is 0.512. The van der Waals surface area contributed by atoms with Crippen molar-refractivity contribution in [3.63, 3.8) is 0 Å². The van der Waals surface area contributed by atoms with E-state index in [0.717, 1.165) is 16.7 Å². The van der Waals surface area contributed by atoms with Gasteiger partial charge in [0.15, 0.2) is 0 Å². The number of ether oxygens (including phenoxy) is 1. The Bertz CT molecular complexity index is 962. The van der Waals surface area contributed by atoms with Gasteiger partial charge in [0.2, 0.25) is 0 Å². The van der Waals surface area contributed by atoms with Gasteiger partial charge in [-0.3, -0.25) is 4.79 Å². The molecule has 1 N–H and O–H groups in total. The van der Waals surface area contributed by atoms with Gasteiger partial charge in [0.1, 0.15) is 12.3 Å². The van der Waals surface area contributed by atoms with E-state index in [0.29, 0.717) is 5.56 Å². The molecule has 1 amide bonds. The van der Waals surface area contributed by atoms with Gasteiger partial charge in [-0.2, -0.15) is 0 Å². The highest BCUT2D eigenvalue weighted by atomic mass is 16.5. The van der Waals surface area contributed by atoms with Crippen LogP contribution in [0.4, 0.5) is 0 Å². The Labute approximate surface area is 164 Å². The van der Waals surface area contributed by atoms with Crippen molar-refractivity contribution in [1.82, 2.24) is 5.32 Å². The van der Waals surface area contributed by atoms with E-state index in [1.165, 1.54) is 0 Å². The second-order valence-electron chi connectivity index (χ2n) is 6.35. The minimum Gasteiger partial charge on any atom is -0.456 e. The average molecular weight is 371 g/mol. The summed E-state index contributed by atoms with van der Waals surface area (Å²) >= 11 is 0. The summed E-state index contributed by atoms with van der Waals surface area (Å²) < 4.78 is 5.40. The standard InChI is InChI=1S/C24H21NO3/c1-18-12-14-21(15-13-18)23(26)25-22(16-19-8-4-2-5-9-19)24(27)28-17-20-10-6-3-7-11-20/h2-16H,17H2,1H3,(H,25,26). The summed E-state index contributed by atoms with van der Waals surface area (Å²) in [6.07, 6.45) is 1.61. The zero-order valence-corrected chi connectivity index (χ0v) is 15.6. The van der Waals surface area contributed by atoms with Crippen LogP contribution in [-0.4, -0.2) is 11.9 Å². The third kappa shape index (κ3) is 5.42.